The smallest absolute Gasteiger partial charge is 0.0494 e. The Kier molecular flexibility index (Phi) is 4.19. The second-order valence-electron chi connectivity index (χ2n) is 5.99. The summed E-state index contributed by atoms with van der Waals surface area (Å²) in [7, 11) is 0. The van der Waals surface area contributed by atoms with E-state index in [1.165, 1.54) is 32.4 Å². The molecule has 0 aromatic carbocycles. The predicted octanol–water partition coefficient (Wildman–Crippen LogP) is 2.52. The van der Waals surface area contributed by atoms with Gasteiger partial charge < -0.3 is 10.0 Å². The molecule has 0 radical (unpaired) electrons. The first kappa shape index (κ1) is 13.0. The fourth-order valence-corrected chi connectivity index (χ4v) is 2.65. The topological polar surface area (TPSA) is 23.5 Å². The van der Waals surface area contributed by atoms with Crippen LogP contribution in [0.4, 0.5) is 0 Å². The zero-order valence-corrected chi connectivity index (χ0v) is 10.8. The Morgan fingerprint density at radius 3 is 2.27 bits per heavy atom. The molecule has 0 bridgehead atoms. The maximum absolute atomic E-state index is 9.27. The number of aliphatic hydroxyl groups is 1. The van der Waals surface area contributed by atoms with Gasteiger partial charge in [0.15, 0.2) is 0 Å². The Labute approximate surface area is 94.7 Å². The van der Waals surface area contributed by atoms with Gasteiger partial charge >= 0.3 is 0 Å². The van der Waals surface area contributed by atoms with Crippen LogP contribution in [0.15, 0.2) is 0 Å². The minimum atomic E-state index is 0.0531. The molecule has 15 heavy (non-hydrogen) atoms. The van der Waals surface area contributed by atoms with Gasteiger partial charge in [-0.3, -0.25) is 0 Å². The third kappa shape index (κ3) is 3.18. The SMILES string of the molecule is CCC1(CC)CCN(CC(C)(C)CO)C1. The van der Waals surface area contributed by atoms with E-state index in [9.17, 15) is 5.11 Å². The first-order valence-electron chi connectivity index (χ1n) is 6.30. The van der Waals surface area contributed by atoms with E-state index in [0.717, 1.165) is 6.54 Å². The van der Waals surface area contributed by atoms with Crippen LogP contribution in [-0.4, -0.2) is 36.2 Å². The van der Waals surface area contributed by atoms with Gasteiger partial charge in [0, 0.05) is 25.1 Å². The summed E-state index contributed by atoms with van der Waals surface area (Å²) in [6, 6.07) is 0. The Bertz CT molecular complexity index is 197. The number of rotatable bonds is 5. The molecule has 0 aromatic rings. The fourth-order valence-electron chi connectivity index (χ4n) is 2.65. The van der Waals surface area contributed by atoms with Crippen LogP contribution in [-0.2, 0) is 0 Å². The number of likely N-dealkylation sites (tertiary alicyclic amines) is 1. The van der Waals surface area contributed by atoms with Crippen molar-refractivity contribution < 1.29 is 5.11 Å². The maximum atomic E-state index is 9.27. The summed E-state index contributed by atoms with van der Waals surface area (Å²) in [6.07, 6.45) is 3.92. The van der Waals surface area contributed by atoms with E-state index in [-0.39, 0.29) is 12.0 Å². The van der Waals surface area contributed by atoms with Gasteiger partial charge in [-0.05, 0) is 31.2 Å². The van der Waals surface area contributed by atoms with Gasteiger partial charge in [-0.25, -0.2) is 0 Å². The van der Waals surface area contributed by atoms with Crippen molar-refractivity contribution in [1.29, 1.82) is 0 Å². The van der Waals surface area contributed by atoms with Crippen molar-refractivity contribution in [2.75, 3.05) is 26.2 Å². The van der Waals surface area contributed by atoms with Crippen molar-refractivity contribution in [3.63, 3.8) is 0 Å². The van der Waals surface area contributed by atoms with Crippen LogP contribution in [0.3, 0.4) is 0 Å². The number of hydrogen-bond acceptors (Lipinski definition) is 2. The largest absolute Gasteiger partial charge is 0.396 e. The molecule has 1 aliphatic rings. The normalized spacial score (nSPS) is 22.2. The molecule has 1 fully saturated rings. The molecule has 0 aromatic heterocycles. The summed E-state index contributed by atoms with van der Waals surface area (Å²) in [5.41, 5.74) is 0.614. The van der Waals surface area contributed by atoms with Gasteiger partial charge in [0.1, 0.15) is 0 Å². The van der Waals surface area contributed by atoms with Gasteiger partial charge in [0.2, 0.25) is 0 Å². The fraction of sp³-hybridized carbons (Fsp3) is 1.00. The third-order valence-electron chi connectivity index (χ3n) is 4.10. The molecular weight excluding hydrogens is 186 g/mol. The lowest BCUT2D eigenvalue weighted by atomic mass is 9.82. The van der Waals surface area contributed by atoms with Crippen LogP contribution in [0.25, 0.3) is 0 Å². The van der Waals surface area contributed by atoms with E-state index >= 15 is 0 Å². The van der Waals surface area contributed by atoms with Crippen LogP contribution in [0.2, 0.25) is 0 Å². The Morgan fingerprint density at radius 1 is 1.27 bits per heavy atom. The molecule has 0 saturated carbocycles. The Morgan fingerprint density at radius 2 is 1.87 bits per heavy atom. The Balaban J connectivity index is 2.49. The molecule has 1 N–H and O–H groups in total. The summed E-state index contributed by atoms with van der Waals surface area (Å²) in [6.45, 7) is 12.7. The highest BCUT2D eigenvalue weighted by molar-refractivity contribution is 4.89. The highest BCUT2D eigenvalue weighted by Gasteiger charge is 2.36. The average molecular weight is 213 g/mol. The maximum Gasteiger partial charge on any atom is 0.0494 e. The summed E-state index contributed by atoms with van der Waals surface area (Å²) in [4.78, 5) is 2.53. The Hall–Kier alpha value is -0.0800. The van der Waals surface area contributed by atoms with Crippen molar-refractivity contribution in [2.24, 2.45) is 10.8 Å². The van der Waals surface area contributed by atoms with Gasteiger partial charge in [0.25, 0.3) is 0 Å². The van der Waals surface area contributed by atoms with Crippen molar-refractivity contribution >= 4 is 0 Å². The quantitative estimate of drug-likeness (QED) is 0.758. The lowest BCUT2D eigenvalue weighted by molar-refractivity contribution is 0.107. The van der Waals surface area contributed by atoms with Gasteiger partial charge in [-0.15, -0.1) is 0 Å². The molecule has 1 aliphatic heterocycles. The monoisotopic (exact) mass is 213 g/mol. The van der Waals surface area contributed by atoms with Crippen molar-refractivity contribution in [3.8, 4) is 0 Å². The van der Waals surface area contributed by atoms with Crippen LogP contribution >= 0.6 is 0 Å². The van der Waals surface area contributed by atoms with Gasteiger partial charge in [-0.2, -0.15) is 0 Å². The van der Waals surface area contributed by atoms with E-state index in [2.05, 4.69) is 32.6 Å². The van der Waals surface area contributed by atoms with E-state index < -0.39 is 0 Å². The van der Waals surface area contributed by atoms with E-state index in [1.54, 1.807) is 0 Å². The van der Waals surface area contributed by atoms with Crippen LogP contribution in [0, 0.1) is 10.8 Å². The molecule has 1 heterocycles. The minimum absolute atomic E-state index is 0.0531. The summed E-state index contributed by atoms with van der Waals surface area (Å²) < 4.78 is 0. The first-order valence-corrected chi connectivity index (χ1v) is 6.30. The number of aliphatic hydroxyl groups excluding tert-OH is 1. The van der Waals surface area contributed by atoms with E-state index in [4.69, 9.17) is 0 Å². The van der Waals surface area contributed by atoms with Crippen LogP contribution in [0.1, 0.15) is 47.0 Å². The average Bonchev–Trinajstić information content (AvgIpc) is 2.62. The first-order chi connectivity index (χ1) is 6.97. The van der Waals surface area contributed by atoms with Crippen molar-refractivity contribution in [2.45, 2.75) is 47.0 Å². The number of nitrogens with zero attached hydrogens (tertiary/aromatic N) is 1. The van der Waals surface area contributed by atoms with Crippen LogP contribution in [0.5, 0.6) is 0 Å². The molecule has 1 rings (SSSR count). The standard InChI is InChI=1S/C13H27NO/c1-5-13(6-2)7-8-14(10-13)9-12(3,4)11-15/h15H,5-11H2,1-4H3. The lowest BCUT2D eigenvalue weighted by Gasteiger charge is -2.31. The van der Waals surface area contributed by atoms with E-state index in [0.29, 0.717) is 5.41 Å². The van der Waals surface area contributed by atoms with Gasteiger partial charge in [-0.1, -0.05) is 27.7 Å². The highest BCUT2D eigenvalue weighted by atomic mass is 16.3. The second kappa shape index (κ2) is 4.84. The van der Waals surface area contributed by atoms with Gasteiger partial charge in [0.05, 0.1) is 0 Å². The van der Waals surface area contributed by atoms with E-state index in [1.807, 2.05) is 0 Å². The molecule has 1 saturated heterocycles. The predicted molar refractivity (Wildman–Crippen MR) is 64.9 cm³/mol. The number of hydrogen-bond donors (Lipinski definition) is 1. The molecule has 90 valence electrons. The summed E-state index contributed by atoms with van der Waals surface area (Å²) >= 11 is 0. The summed E-state index contributed by atoms with van der Waals surface area (Å²) in [5, 5.41) is 9.27. The second-order valence-corrected chi connectivity index (χ2v) is 5.99. The third-order valence-corrected chi connectivity index (χ3v) is 4.10. The molecule has 0 atom stereocenters. The molecule has 0 aliphatic carbocycles. The highest BCUT2D eigenvalue weighted by Crippen LogP contribution is 2.37. The summed E-state index contributed by atoms with van der Waals surface area (Å²) in [5.74, 6) is 0. The molecule has 2 heteroatoms. The van der Waals surface area contributed by atoms with Crippen LogP contribution < -0.4 is 0 Å². The zero-order valence-electron chi connectivity index (χ0n) is 10.8. The van der Waals surface area contributed by atoms with Crippen molar-refractivity contribution in [1.82, 2.24) is 4.90 Å². The lowest BCUT2D eigenvalue weighted by Crippen LogP contribution is -2.36. The molecule has 0 amide bonds. The molecule has 0 unspecified atom stereocenters. The molecule has 0 spiro atoms. The zero-order chi connectivity index (χ0) is 11.5. The molecule has 2 nitrogen and oxygen atoms in total. The van der Waals surface area contributed by atoms with Crippen molar-refractivity contribution in [3.05, 3.63) is 0 Å². The minimum Gasteiger partial charge on any atom is -0.396 e. The molecular formula is C13H27NO.